The second kappa shape index (κ2) is 8.55. The lowest BCUT2D eigenvalue weighted by molar-refractivity contribution is -0.147. The smallest absolute Gasteiger partial charge is 0.307 e. The van der Waals surface area contributed by atoms with Crippen molar-refractivity contribution in [1.82, 2.24) is 10.6 Å². The quantitative estimate of drug-likeness (QED) is 0.334. The maximum absolute atomic E-state index is 11.3. The summed E-state index contributed by atoms with van der Waals surface area (Å²) in [5, 5.41) is 6.40. The molecule has 5 nitrogen and oxygen atoms in total. The van der Waals surface area contributed by atoms with Crippen LogP contribution in [0.3, 0.4) is 0 Å². The summed E-state index contributed by atoms with van der Waals surface area (Å²) in [7, 11) is 1.73. The van der Waals surface area contributed by atoms with Gasteiger partial charge in [-0.2, -0.15) is 0 Å². The number of carbonyl (C=O) groups excluding carboxylic acids is 1. The van der Waals surface area contributed by atoms with Gasteiger partial charge >= 0.3 is 5.97 Å². The van der Waals surface area contributed by atoms with E-state index >= 15 is 0 Å². The fraction of sp³-hybridized carbons (Fsp3) is 0.833. The molecule has 18 heavy (non-hydrogen) atoms. The highest BCUT2D eigenvalue weighted by Gasteiger charge is 2.33. The standard InChI is InChI=1S/C12H23N3O2.HI/c1-8(2)17-11(16)5-6-14-12(13-4)15-10-7-9(10)3;/h8-10H,5-7H2,1-4H3,(H2,13,14,15);1H. The fourth-order valence-corrected chi connectivity index (χ4v) is 1.50. The SMILES string of the molecule is CN=C(NCCC(=O)OC(C)C)NC1CC1C.I. The Morgan fingerprint density at radius 2 is 2.11 bits per heavy atom. The molecule has 6 heteroatoms. The van der Waals surface area contributed by atoms with Crippen LogP contribution in [0.1, 0.15) is 33.6 Å². The van der Waals surface area contributed by atoms with Gasteiger partial charge in [-0.15, -0.1) is 24.0 Å². The van der Waals surface area contributed by atoms with Gasteiger partial charge in [-0.05, 0) is 26.2 Å². The van der Waals surface area contributed by atoms with Crippen LogP contribution >= 0.6 is 24.0 Å². The molecule has 0 aliphatic heterocycles. The molecule has 1 aliphatic carbocycles. The number of hydrogen-bond donors (Lipinski definition) is 2. The van der Waals surface area contributed by atoms with Crippen molar-refractivity contribution in [2.24, 2.45) is 10.9 Å². The molecule has 1 aliphatic rings. The van der Waals surface area contributed by atoms with Gasteiger partial charge in [0.25, 0.3) is 0 Å². The summed E-state index contributed by atoms with van der Waals surface area (Å²) in [6.45, 7) is 6.44. The van der Waals surface area contributed by atoms with Gasteiger partial charge < -0.3 is 15.4 Å². The summed E-state index contributed by atoms with van der Waals surface area (Å²) in [5.41, 5.74) is 0. The molecule has 1 rings (SSSR count). The van der Waals surface area contributed by atoms with Gasteiger partial charge in [-0.1, -0.05) is 6.92 Å². The number of halogens is 1. The summed E-state index contributed by atoms with van der Waals surface area (Å²) < 4.78 is 5.04. The van der Waals surface area contributed by atoms with Crippen LogP contribution < -0.4 is 10.6 Å². The first kappa shape index (κ1) is 17.5. The molecule has 0 aromatic heterocycles. The van der Waals surface area contributed by atoms with Gasteiger partial charge in [-0.3, -0.25) is 9.79 Å². The van der Waals surface area contributed by atoms with Crippen molar-refractivity contribution in [1.29, 1.82) is 0 Å². The molecule has 2 N–H and O–H groups in total. The molecule has 0 spiro atoms. The third kappa shape index (κ3) is 7.03. The van der Waals surface area contributed by atoms with Crippen LogP contribution in [-0.2, 0) is 9.53 Å². The van der Waals surface area contributed by atoms with E-state index in [4.69, 9.17) is 4.74 Å². The van der Waals surface area contributed by atoms with Gasteiger partial charge in [0.15, 0.2) is 5.96 Å². The average Bonchev–Trinajstić information content (AvgIpc) is 2.91. The van der Waals surface area contributed by atoms with Crippen molar-refractivity contribution >= 4 is 35.9 Å². The fourth-order valence-electron chi connectivity index (χ4n) is 1.50. The van der Waals surface area contributed by atoms with Crippen molar-refractivity contribution in [2.75, 3.05) is 13.6 Å². The first-order chi connectivity index (χ1) is 8.02. The number of ether oxygens (including phenoxy) is 1. The minimum absolute atomic E-state index is 0. The monoisotopic (exact) mass is 369 g/mol. The number of esters is 1. The zero-order valence-electron chi connectivity index (χ0n) is 11.5. The number of nitrogens with zero attached hydrogens (tertiary/aromatic N) is 1. The second-order valence-electron chi connectivity index (χ2n) is 4.75. The molecule has 2 unspecified atom stereocenters. The first-order valence-corrected chi connectivity index (χ1v) is 6.19. The molecule has 1 fully saturated rings. The van der Waals surface area contributed by atoms with Crippen LogP contribution in [0.5, 0.6) is 0 Å². The molecule has 0 amide bonds. The van der Waals surface area contributed by atoms with Gasteiger partial charge in [0, 0.05) is 19.6 Å². The number of guanidine groups is 1. The lowest BCUT2D eigenvalue weighted by atomic mass is 10.4. The zero-order valence-corrected chi connectivity index (χ0v) is 13.9. The Morgan fingerprint density at radius 3 is 2.56 bits per heavy atom. The number of aliphatic imine (C=N–C) groups is 1. The predicted molar refractivity (Wildman–Crippen MR) is 83.3 cm³/mol. The van der Waals surface area contributed by atoms with Crippen LogP contribution in [-0.4, -0.2) is 37.7 Å². The highest BCUT2D eigenvalue weighted by Crippen LogP contribution is 2.28. The molecular weight excluding hydrogens is 345 g/mol. The third-order valence-electron chi connectivity index (χ3n) is 2.64. The van der Waals surface area contributed by atoms with Gasteiger partial charge in [0.2, 0.25) is 0 Å². The molecule has 0 radical (unpaired) electrons. The molecule has 0 aromatic rings. The van der Waals surface area contributed by atoms with Crippen molar-refractivity contribution in [3.63, 3.8) is 0 Å². The van der Waals surface area contributed by atoms with E-state index < -0.39 is 0 Å². The minimum Gasteiger partial charge on any atom is -0.463 e. The minimum atomic E-state index is -0.178. The van der Waals surface area contributed by atoms with Crippen LogP contribution in [0.25, 0.3) is 0 Å². The third-order valence-corrected chi connectivity index (χ3v) is 2.64. The summed E-state index contributed by atoms with van der Waals surface area (Å²) in [6.07, 6.45) is 1.50. The Hall–Kier alpha value is -0.530. The number of hydrogen-bond acceptors (Lipinski definition) is 3. The zero-order chi connectivity index (χ0) is 12.8. The molecule has 0 saturated heterocycles. The first-order valence-electron chi connectivity index (χ1n) is 6.19. The average molecular weight is 369 g/mol. The Labute approximate surface area is 126 Å². The number of nitrogens with one attached hydrogen (secondary N) is 2. The predicted octanol–water partition coefficient (Wildman–Crippen LogP) is 1.52. The largest absolute Gasteiger partial charge is 0.463 e. The summed E-state index contributed by atoms with van der Waals surface area (Å²) in [6, 6.07) is 0.531. The Balaban J connectivity index is 0.00000289. The molecular formula is C12H24IN3O2. The molecule has 0 heterocycles. The highest BCUT2D eigenvalue weighted by atomic mass is 127. The van der Waals surface area contributed by atoms with E-state index in [-0.39, 0.29) is 36.0 Å². The van der Waals surface area contributed by atoms with Crippen LogP contribution in [0.4, 0.5) is 0 Å². The summed E-state index contributed by atoms with van der Waals surface area (Å²) in [5.74, 6) is 1.30. The van der Waals surface area contributed by atoms with E-state index in [1.807, 2.05) is 13.8 Å². The van der Waals surface area contributed by atoms with E-state index in [2.05, 4.69) is 22.5 Å². The van der Waals surface area contributed by atoms with Gasteiger partial charge in [0.05, 0.1) is 12.5 Å². The van der Waals surface area contributed by atoms with Crippen molar-refractivity contribution in [3.05, 3.63) is 0 Å². The lowest BCUT2D eigenvalue weighted by Gasteiger charge is -2.12. The van der Waals surface area contributed by atoms with E-state index in [0.29, 0.717) is 19.0 Å². The molecule has 1 saturated carbocycles. The molecule has 0 bridgehead atoms. The second-order valence-corrected chi connectivity index (χ2v) is 4.75. The van der Waals surface area contributed by atoms with Crippen molar-refractivity contribution < 1.29 is 9.53 Å². The van der Waals surface area contributed by atoms with E-state index in [1.54, 1.807) is 7.05 Å². The maximum Gasteiger partial charge on any atom is 0.307 e. The van der Waals surface area contributed by atoms with Crippen LogP contribution in [0.2, 0.25) is 0 Å². The normalized spacial score (nSPS) is 22.2. The summed E-state index contributed by atoms with van der Waals surface area (Å²) >= 11 is 0. The highest BCUT2D eigenvalue weighted by molar-refractivity contribution is 14.0. The van der Waals surface area contributed by atoms with E-state index in [9.17, 15) is 4.79 Å². The lowest BCUT2D eigenvalue weighted by Crippen LogP contribution is -2.40. The van der Waals surface area contributed by atoms with Crippen LogP contribution in [0.15, 0.2) is 4.99 Å². The van der Waals surface area contributed by atoms with Crippen molar-refractivity contribution in [2.45, 2.75) is 45.8 Å². The summed E-state index contributed by atoms with van der Waals surface area (Å²) in [4.78, 5) is 15.4. The molecule has 0 aromatic carbocycles. The number of rotatable bonds is 5. The Kier molecular flexibility index (Phi) is 8.30. The van der Waals surface area contributed by atoms with E-state index in [1.165, 1.54) is 6.42 Å². The number of carbonyl (C=O) groups is 1. The molecule has 106 valence electrons. The van der Waals surface area contributed by atoms with E-state index in [0.717, 1.165) is 11.9 Å². The Morgan fingerprint density at radius 1 is 1.50 bits per heavy atom. The molecule has 2 atom stereocenters. The maximum atomic E-state index is 11.3. The Bertz CT molecular complexity index is 295. The van der Waals surface area contributed by atoms with Gasteiger partial charge in [0.1, 0.15) is 0 Å². The topological polar surface area (TPSA) is 62.7 Å². The van der Waals surface area contributed by atoms with Crippen LogP contribution in [0, 0.1) is 5.92 Å². The van der Waals surface area contributed by atoms with Gasteiger partial charge in [-0.25, -0.2) is 0 Å². The van der Waals surface area contributed by atoms with Crippen molar-refractivity contribution in [3.8, 4) is 0 Å².